The molecule has 0 saturated heterocycles. The quantitative estimate of drug-likeness (QED) is 0.826. The minimum Gasteiger partial charge on any atom is -0.347 e. The first-order valence-corrected chi connectivity index (χ1v) is 6.76. The van der Waals surface area contributed by atoms with Gasteiger partial charge in [-0.2, -0.15) is 0 Å². The molecule has 0 spiro atoms. The molecule has 0 radical (unpaired) electrons. The van der Waals surface area contributed by atoms with E-state index in [9.17, 15) is 0 Å². The number of aryl methyl sites for hydroxylation is 1. The second-order valence-electron chi connectivity index (χ2n) is 5.92. The summed E-state index contributed by atoms with van der Waals surface area (Å²) < 4.78 is 2.23. The molecule has 0 aliphatic rings. The normalized spacial score (nSPS) is 11.7. The fourth-order valence-corrected chi connectivity index (χ4v) is 2.18. The Morgan fingerprint density at radius 2 is 2.05 bits per heavy atom. The van der Waals surface area contributed by atoms with Crippen molar-refractivity contribution in [1.82, 2.24) is 9.88 Å². The predicted octanol–water partition coefficient (Wildman–Crippen LogP) is 3.55. The fourth-order valence-electron chi connectivity index (χ4n) is 2.18. The van der Waals surface area contributed by atoms with Gasteiger partial charge in [0.2, 0.25) is 0 Å². The van der Waals surface area contributed by atoms with Crippen LogP contribution in [0.5, 0.6) is 0 Å². The molecule has 2 rings (SSSR count). The van der Waals surface area contributed by atoms with Crippen LogP contribution in [0.2, 0.25) is 0 Å². The van der Waals surface area contributed by atoms with Crippen LogP contribution in [0, 0.1) is 12.3 Å². The number of nitrogens with one attached hydrogen (secondary N) is 1. The zero-order valence-electron chi connectivity index (χ0n) is 12.0. The van der Waals surface area contributed by atoms with Gasteiger partial charge >= 0.3 is 0 Å². The summed E-state index contributed by atoms with van der Waals surface area (Å²) in [5, 5.41) is 4.86. The molecule has 2 heteroatoms. The van der Waals surface area contributed by atoms with Gasteiger partial charge in [0.05, 0.1) is 0 Å². The molecule has 2 nitrogen and oxygen atoms in total. The third-order valence-corrected chi connectivity index (χ3v) is 3.21. The van der Waals surface area contributed by atoms with Crippen LogP contribution in [0.1, 0.15) is 32.8 Å². The van der Waals surface area contributed by atoms with Crippen molar-refractivity contribution in [2.45, 2.75) is 45.8 Å². The molecule has 100 valence electrons. The van der Waals surface area contributed by atoms with Crippen molar-refractivity contribution < 1.29 is 0 Å². The molecule has 0 fully saturated rings. The van der Waals surface area contributed by atoms with Crippen LogP contribution in [0.15, 0.2) is 30.5 Å². The van der Waals surface area contributed by atoms with Crippen LogP contribution in [0.25, 0.3) is 10.9 Å². The van der Waals surface area contributed by atoms with Gasteiger partial charge in [0.15, 0.2) is 0 Å². The first-order valence-electron chi connectivity index (χ1n) is 6.76. The molecule has 0 aliphatic heterocycles. The molecule has 1 N–H and O–H groups in total. The number of nitrogens with zero attached hydrogens (tertiary/aromatic N) is 1. The van der Waals surface area contributed by atoms with E-state index >= 15 is 0 Å². The number of hydrogen-bond acceptors (Lipinski definition) is 1. The van der Waals surface area contributed by atoms with Crippen molar-refractivity contribution in [3.8, 4) is 12.3 Å². The van der Waals surface area contributed by atoms with Crippen LogP contribution in [-0.2, 0) is 13.1 Å². The monoisotopic (exact) mass is 254 g/mol. The average Bonchev–Trinajstić information content (AvgIpc) is 2.76. The molecule has 2 aromatic rings. The highest BCUT2D eigenvalue weighted by atomic mass is 15.0. The molecule has 0 aliphatic carbocycles. The predicted molar refractivity (Wildman–Crippen MR) is 82.0 cm³/mol. The molecule has 0 saturated carbocycles. The first-order chi connectivity index (χ1) is 9.01. The lowest BCUT2D eigenvalue weighted by molar-refractivity contribution is 0.425. The molecular formula is C17H22N2. The molecule has 1 heterocycles. The summed E-state index contributed by atoms with van der Waals surface area (Å²) in [4.78, 5) is 0. The maximum Gasteiger partial charge on any atom is 0.0483 e. The third-order valence-electron chi connectivity index (χ3n) is 3.21. The lowest BCUT2D eigenvalue weighted by Gasteiger charge is -2.20. The Morgan fingerprint density at radius 1 is 1.26 bits per heavy atom. The molecule has 0 atom stereocenters. The Hall–Kier alpha value is -1.72. The van der Waals surface area contributed by atoms with Crippen LogP contribution in [0.3, 0.4) is 0 Å². The first kappa shape index (κ1) is 13.7. The van der Waals surface area contributed by atoms with Gasteiger partial charge in [-0.05, 0) is 38.5 Å². The summed E-state index contributed by atoms with van der Waals surface area (Å²) >= 11 is 0. The summed E-state index contributed by atoms with van der Waals surface area (Å²) in [5.41, 5.74) is 2.74. The SMILES string of the molecule is C#CCCn1ccc2c(CNC(C)(C)C)cccc21. The van der Waals surface area contributed by atoms with Crippen molar-refractivity contribution in [2.24, 2.45) is 0 Å². The van der Waals surface area contributed by atoms with Crippen molar-refractivity contribution >= 4 is 10.9 Å². The smallest absolute Gasteiger partial charge is 0.0483 e. The molecular weight excluding hydrogens is 232 g/mol. The van der Waals surface area contributed by atoms with Crippen LogP contribution in [-0.4, -0.2) is 10.1 Å². The zero-order valence-corrected chi connectivity index (χ0v) is 12.0. The zero-order chi connectivity index (χ0) is 13.9. The van der Waals surface area contributed by atoms with Crippen molar-refractivity contribution in [2.75, 3.05) is 0 Å². The number of hydrogen-bond donors (Lipinski definition) is 1. The van der Waals surface area contributed by atoms with Crippen molar-refractivity contribution in [3.63, 3.8) is 0 Å². The van der Waals surface area contributed by atoms with Gasteiger partial charge in [0, 0.05) is 42.1 Å². The van der Waals surface area contributed by atoms with Gasteiger partial charge in [-0.15, -0.1) is 12.3 Å². The Bertz CT molecular complexity index is 594. The van der Waals surface area contributed by atoms with E-state index in [4.69, 9.17) is 6.42 Å². The van der Waals surface area contributed by atoms with Gasteiger partial charge in [-0.1, -0.05) is 12.1 Å². The van der Waals surface area contributed by atoms with Gasteiger partial charge in [-0.3, -0.25) is 0 Å². The summed E-state index contributed by atoms with van der Waals surface area (Å²) in [6.45, 7) is 8.33. The Kier molecular flexibility index (Phi) is 3.97. The summed E-state index contributed by atoms with van der Waals surface area (Å²) in [6.07, 6.45) is 8.24. The van der Waals surface area contributed by atoms with Crippen LogP contribution in [0.4, 0.5) is 0 Å². The summed E-state index contributed by atoms with van der Waals surface area (Å²) in [7, 11) is 0. The number of benzene rings is 1. The Balaban J connectivity index is 2.26. The van der Waals surface area contributed by atoms with E-state index in [2.05, 4.69) is 67.0 Å². The van der Waals surface area contributed by atoms with Crippen molar-refractivity contribution in [1.29, 1.82) is 0 Å². The van der Waals surface area contributed by atoms with Crippen LogP contribution < -0.4 is 5.32 Å². The molecule has 1 aromatic carbocycles. The molecule has 1 aromatic heterocycles. The lowest BCUT2D eigenvalue weighted by Crippen LogP contribution is -2.35. The molecule has 0 amide bonds. The highest BCUT2D eigenvalue weighted by molar-refractivity contribution is 5.83. The van der Waals surface area contributed by atoms with E-state index in [0.29, 0.717) is 0 Å². The Morgan fingerprint density at radius 3 is 2.74 bits per heavy atom. The average molecular weight is 254 g/mol. The highest BCUT2D eigenvalue weighted by Crippen LogP contribution is 2.21. The highest BCUT2D eigenvalue weighted by Gasteiger charge is 2.10. The van der Waals surface area contributed by atoms with Gasteiger partial charge in [0.25, 0.3) is 0 Å². The number of terminal acetylenes is 1. The van der Waals surface area contributed by atoms with Gasteiger partial charge in [-0.25, -0.2) is 0 Å². The topological polar surface area (TPSA) is 17.0 Å². The van der Waals surface area contributed by atoms with E-state index in [1.165, 1.54) is 16.5 Å². The van der Waals surface area contributed by atoms with E-state index in [1.54, 1.807) is 0 Å². The second-order valence-corrected chi connectivity index (χ2v) is 5.92. The van der Waals surface area contributed by atoms with Crippen molar-refractivity contribution in [3.05, 3.63) is 36.0 Å². The Labute approximate surface area is 115 Å². The summed E-state index contributed by atoms with van der Waals surface area (Å²) in [6, 6.07) is 8.65. The van der Waals surface area contributed by atoms with Gasteiger partial charge in [0.1, 0.15) is 0 Å². The summed E-state index contributed by atoms with van der Waals surface area (Å²) in [5.74, 6) is 2.70. The largest absolute Gasteiger partial charge is 0.347 e. The third kappa shape index (κ3) is 3.39. The van der Waals surface area contributed by atoms with Crippen LogP contribution >= 0.6 is 0 Å². The van der Waals surface area contributed by atoms with E-state index < -0.39 is 0 Å². The second kappa shape index (κ2) is 5.50. The van der Waals surface area contributed by atoms with E-state index in [0.717, 1.165) is 19.5 Å². The maximum absolute atomic E-state index is 5.34. The molecule has 0 bridgehead atoms. The fraction of sp³-hybridized carbons (Fsp3) is 0.412. The van der Waals surface area contributed by atoms with E-state index in [-0.39, 0.29) is 5.54 Å². The maximum atomic E-state index is 5.34. The standard InChI is InChI=1S/C17H22N2/c1-5-6-11-19-12-10-15-14(8-7-9-16(15)19)13-18-17(2,3)4/h1,7-10,12,18H,6,11,13H2,2-4H3. The number of aromatic nitrogens is 1. The molecule has 19 heavy (non-hydrogen) atoms. The minimum atomic E-state index is 0.133. The van der Waals surface area contributed by atoms with Gasteiger partial charge < -0.3 is 9.88 Å². The lowest BCUT2D eigenvalue weighted by atomic mass is 10.1. The number of fused-ring (bicyclic) bond motifs is 1. The van der Waals surface area contributed by atoms with E-state index in [1.807, 2.05) is 0 Å². The number of rotatable bonds is 4. The molecule has 0 unspecified atom stereocenters. The minimum absolute atomic E-state index is 0.133.